The van der Waals surface area contributed by atoms with Crippen LogP contribution in [0.5, 0.6) is 0 Å². The number of ether oxygens (including phenoxy) is 3. The third-order valence-electron chi connectivity index (χ3n) is 4.33. The van der Waals surface area contributed by atoms with Gasteiger partial charge in [0.2, 0.25) is 0 Å². The van der Waals surface area contributed by atoms with Gasteiger partial charge in [0, 0.05) is 0 Å². The van der Waals surface area contributed by atoms with E-state index in [0.29, 0.717) is 0 Å². The van der Waals surface area contributed by atoms with Gasteiger partial charge in [0.15, 0.2) is 5.66 Å². The number of hydrogen-bond donors (Lipinski definition) is 3. The minimum atomic E-state index is -1.94. The lowest BCUT2D eigenvalue weighted by Crippen LogP contribution is -2.68. The molecule has 190 valence electrons. The Balaban J connectivity index is 3.00. The molecule has 0 spiro atoms. The molecule has 0 saturated heterocycles. The Morgan fingerprint density at radius 2 is 1.59 bits per heavy atom. The zero-order chi connectivity index (χ0) is 26.2. The normalized spacial score (nSPS) is 14.2. The second-order valence-electron chi connectivity index (χ2n) is 10.2. The van der Waals surface area contributed by atoms with Crippen molar-refractivity contribution in [2.75, 3.05) is 7.11 Å². The van der Waals surface area contributed by atoms with Crippen LogP contribution in [0.15, 0.2) is 30.3 Å². The maximum atomic E-state index is 13.2. The highest BCUT2D eigenvalue weighted by Crippen LogP contribution is 2.25. The van der Waals surface area contributed by atoms with Crippen LogP contribution in [0.25, 0.3) is 0 Å². The molecular weight excluding hydrogens is 442 g/mol. The Labute approximate surface area is 200 Å². The number of carbonyl (C=O) groups is 4. The van der Waals surface area contributed by atoms with Gasteiger partial charge in [0.25, 0.3) is 5.91 Å². The van der Waals surface area contributed by atoms with E-state index in [1.165, 1.54) is 0 Å². The molecule has 0 heterocycles. The molecule has 34 heavy (non-hydrogen) atoms. The average Bonchev–Trinajstić information content (AvgIpc) is 2.69. The molecule has 2 atom stereocenters. The molecule has 0 bridgehead atoms. The summed E-state index contributed by atoms with van der Waals surface area (Å²) >= 11 is 0. The fraction of sp³-hybridized carbons (Fsp3) is 0.583. The Kier molecular flexibility index (Phi) is 10.0. The summed E-state index contributed by atoms with van der Waals surface area (Å²) < 4.78 is 15.1. The summed E-state index contributed by atoms with van der Waals surface area (Å²) in [7, 11) is 1.13. The van der Waals surface area contributed by atoms with Gasteiger partial charge >= 0.3 is 18.0 Å². The molecule has 4 N–H and O–H groups in total. The van der Waals surface area contributed by atoms with Gasteiger partial charge in [-0.25, -0.2) is 9.59 Å². The smallest absolute Gasteiger partial charge is 0.409 e. The highest BCUT2D eigenvalue weighted by molar-refractivity contribution is 5.93. The Morgan fingerprint density at radius 3 is 2.09 bits per heavy atom. The van der Waals surface area contributed by atoms with Crippen LogP contribution in [0.2, 0.25) is 0 Å². The maximum Gasteiger partial charge on any atom is 0.409 e. The molecule has 1 aromatic carbocycles. The zero-order valence-corrected chi connectivity index (χ0v) is 21.0. The average molecular weight is 480 g/mol. The van der Waals surface area contributed by atoms with E-state index in [2.05, 4.69) is 10.6 Å². The van der Waals surface area contributed by atoms with Crippen LogP contribution in [0.1, 0.15) is 59.9 Å². The number of amides is 2. The van der Waals surface area contributed by atoms with Gasteiger partial charge in [-0.3, -0.25) is 14.9 Å². The van der Waals surface area contributed by atoms with Crippen LogP contribution in [-0.4, -0.2) is 48.4 Å². The first-order valence-electron chi connectivity index (χ1n) is 10.9. The fourth-order valence-corrected chi connectivity index (χ4v) is 3.13. The lowest BCUT2D eigenvalue weighted by molar-refractivity contribution is -0.159. The van der Waals surface area contributed by atoms with Crippen molar-refractivity contribution in [2.45, 2.75) is 78.3 Å². The molecule has 0 unspecified atom stereocenters. The fourth-order valence-electron chi connectivity index (χ4n) is 3.13. The first kappa shape index (κ1) is 28.9. The van der Waals surface area contributed by atoms with Gasteiger partial charge in [-0.1, -0.05) is 51.1 Å². The Morgan fingerprint density at radius 1 is 1.00 bits per heavy atom. The van der Waals surface area contributed by atoms with Crippen molar-refractivity contribution in [3.63, 3.8) is 0 Å². The number of nitrogens with one attached hydrogen (secondary N) is 2. The minimum absolute atomic E-state index is 0.00655. The van der Waals surface area contributed by atoms with E-state index in [9.17, 15) is 19.2 Å². The number of nitrogens with two attached hydrogens (primary N) is 1. The zero-order valence-electron chi connectivity index (χ0n) is 21.0. The molecule has 10 nitrogen and oxygen atoms in total. The van der Waals surface area contributed by atoms with E-state index < -0.39 is 53.1 Å². The summed E-state index contributed by atoms with van der Waals surface area (Å²) in [5, 5.41) is 4.83. The summed E-state index contributed by atoms with van der Waals surface area (Å²) in [6.07, 6.45) is -1.38. The first-order valence-corrected chi connectivity index (χ1v) is 10.9. The Hall–Kier alpha value is -3.14. The third-order valence-corrected chi connectivity index (χ3v) is 4.33. The maximum absolute atomic E-state index is 13.2. The van der Waals surface area contributed by atoms with E-state index in [0.717, 1.165) is 12.7 Å². The third kappa shape index (κ3) is 10.7. The molecule has 0 fully saturated rings. The summed E-state index contributed by atoms with van der Waals surface area (Å²) in [5.74, 6) is -2.45. The van der Waals surface area contributed by atoms with E-state index >= 15 is 0 Å². The van der Waals surface area contributed by atoms with Gasteiger partial charge in [0.1, 0.15) is 18.2 Å². The quantitative estimate of drug-likeness (QED) is 0.278. The second kappa shape index (κ2) is 11.8. The number of alkyl carbamates (subject to hydrolysis) is 1. The minimum Gasteiger partial charge on any atom is -0.467 e. The van der Waals surface area contributed by atoms with Gasteiger partial charge < -0.3 is 25.3 Å². The number of methoxy groups -OCH3 is 1. The van der Waals surface area contributed by atoms with Crippen molar-refractivity contribution in [1.29, 1.82) is 0 Å². The highest BCUT2D eigenvalue weighted by Gasteiger charge is 2.42. The summed E-state index contributed by atoms with van der Waals surface area (Å²) in [4.78, 5) is 50.1. The monoisotopic (exact) mass is 479 g/mol. The molecular formula is C24H37N3O7. The van der Waals surface area contributed by atoms with Gasteiger partial charge in [-0.2, -0.15) is 0 Å². The van der Waals surface area contributed by atoms with E-state index in [1.807, 2.05) is 26.8 Å². The van der Waals surface area contributed by atoms with Gasteiger partial charge in [-0.15, -0.1) is 0 Å². The predicted octanol–water partition coefficient (Wildman–Crippen LogP) is 2.39. The molecule has 0 radical (unpaired) electrons. The van der Waals surface area contributed by atoms with Crippen LogP contribution < -0.4 is 16.4 Å². The van der Waals surface area contributed by atoms with Crippen LogP contribution in [0.4, 0.5) is 4.79 Å². The van der Waals surface area contributed by atoms with Crippen molar-refractivity contribution < 1.29 is 33.4 Å². The van der Waals surface area contributed by atoms with Gasteiger partial charge in [0.05, 0.1) is 13.5 Å². The first-order chi connectivity index (χ1) is 15.5. The highest BCUT2D eigenvalue weighted by atomic mass is 16.6. The van der Waals surface area contributed by atoms with Crippen LogP contribution in [-0.2, 0) is 35.2 Å². The number of hydrogen-bond acceptors (Lipinski definition) is 8. The molecule has 0 saturated carbocycles. The lowest BCUT2D eigenvalue weighted by Gasteiger charge is -2.35. The second-order valence-corrected chi connectivity index (χ2v) is 10.2. The number of rotatable bonds is 9. The number of benzene rings is 1. The van der Waals surface area contributed by atoms with Crippen LogP contribution in [0, 0.1) is 5.41 Å². The van der Waals surface area contributed by atoms with Crippen molar-refractivity contribution in [1.82, 2.24) is 10.6 Å². The molecule has 1 aromatic rings. The molecule has 0 aliphatic carbocycles. The summed E-state index contributed by atoms with van der Waals surface area (Å²) in [6, 6.07) is 7.63. The van der Waals surface area contributed by atoms with Crippen molar-refractivity contribution in [3.8, 4) is 0 Å². The van der Waals surface area contributed by atoms with E-state index in [1.54, 1.807) is 45.0 Å². The van der Waals surface area contributed by atoms with Crippen LogP contribution >= 0.6 is 0 Å². The molecule has 10 heteroatoms. The van der Waals surface area contributed by atoms with Crippen molar-refractivity contribution in [2.24, 2.45) is 11.1 Å². The molecule has 1 rings (SSSR count). The van der Waals surface area contributed by atoms with Crippen molar-refractivity contribution in [3.05, 3.63) is 35.9 Å². The van der Waals surface area contributed by atoms with Crippen LogP contribution in [0.3, 0.4) is 0 Å². The number of esters is 2. The molecule has 0 aliphatic rings. The van der Waals surface area contributed by atoms with Gasteiger partial charge in [-0.05, 0) is 38.2 Å². The topological polar surface area (TPSA) is 146 Å². The summed E-state index contributed by atoms with van der Waals surface area (Å²) in [5.41, 5.74) is 3.87. The molecule has 0 aromatic heterocycles. The van der Waals surface area contributed by atoms with E-state index in [4.69, 9.17) is 19.9 Å². The SMILES string of the molecule is COC(=O)[C@H](CC(=O)OC(C)(C)C)NC(=O)[C@](N)(CC(C)(C)C)NC(=O)OCc1ccccc1. The molecule has 2 amide bonds. The van der Waals surface area contributed by atoms with Crippen molar-refractivity contribution >= 4 is 23.9 Å². The standard InChI is InChI=1S/C24H37N3O7/c1-22(2,3)15-24(25,27-21(31)33-14-16-11-9-8-10-12-16)20(30)26-17(19(29)32-7)13-18(28)34-23(4,5)6/h8-12,17H,13-15,25H2,1-7H3,(H,26,30)(H,27,31)/t17-,24-/m0/s1. The Bertz CT molecular complexity index is 860. The largest absolute Gasteiger partial charge is 0.467 e. The number of carbonyl (C=O) groups excluding carboxylic acids is 4. The molecule has 0 aliphatic heterocycles. The summed E-state index contributed by atoms with van der Waals surface area (Å²) in [6.45, 7) is 10.5. The predicted molar refractivity (Wildman–Crippen MR) is 125 cm³/mol. The lowest BCUT2D eigenvalue weighted by atomic mass is 9.84. The van der Waals surface area contributed by atoms with E-state index in [-0.39, 0.29) is 13.0 Å².